The number of hydrogen-bond acceptors (Lipinski definition) is 4. The molecule has 150 valence electrons. The van der Waals surface area contributed by atoms with Crippen LogP contribution in [0.3, 0.4) is 0 Å². The van der Waals surface area contributed by atoms with Gasteiger partial charge >= 0.3 is 0 Å². The molecule has 0 bridgehead atoms. The molecule has 1 fully saturated rings. The second-order valence-corrected chi connectivity index (χ2v) is 15.6. The predicted octanol–water partition coefficient (Wildman–Crippen LogP) is 4.07. The number of carbonyl (C=O) groups excluding carboxylic acids is 1. The van der Waals surface area contributed by atoms with Gasteiger partial charge in [-0.1, -0.05) is 48.0 Å². The SMILES string of the molecule is CC1(C)CCC[C@@]2(C)[C@H]1C(=O)C=C(CO[Si](C)(C)C(C)(C)C)[C@]2(O)CO. The quantitative estimate of drug-likeness (QED) is 0.719. The maximum Gasteiger partial charge on any atom is 0.192 e. The molecule has 2 aliphatic carbocycles. The van der Waals surface area contributed by atoms with Crippen molar-refractivity contribution in [3.05, 3.63) is 11.6 Å². The van der Waals surface area contributed by atoms with Crippen LogP contribution < -0.4 is 0 Å². The molecule has 3 atom stereocenters. The monoisotopic (exact) mass is 382 g/mol. The van der Waals surface area contributed by atoms with Crippen LogP contribution >= 0.6 is 0 Å². The average molecular weight is 383 g/mol. The van der Waals surface area contributed by atoms with E-state index in [1.165, 1.54) is 0 Å². The smallest absolute Gasteiger partial charge is 0.192 e. The number of aliphatic hydroxyl groups excluding tert-OH is 1. The molecule has 0 aromatic carbocycles. The lowest BCUT2D eigenvalue weighted by atomic mass is 9.47. The van der Waals surface area contributed by atoms with Crippen LogP contribution in [0.1, 0.15) is 60.8 Å². The van der Waals surface area contributed by atoms with E-state index in [4.69, 9.17) is 4.43 Å². The summed E-state index contributed by atoms with van der Waals surface area (Å²) in [4.78, 5) is 13.1. The summed E-state index contributed by atoms with van der Waals surface area (Å²) in [6.45, 7) is 16.8. The highest BCUT2D eigenvalue weighted by Crippen LogP contribution is 2.60. The Morgan fingerprint density at radius 1 is 1.23 bits per heavy atom. The van der Waals surface area contributed by atoms with E-state index in [0.29, 0.717) is 5.57 Å². The number of hydrogen-bond donors (Lipinski definition) is 2. The predicted molar refractivity (Wildman–Crippen MR) is 108 cm³/mol. The summed E-state index contributed by atoms with van der Waals surface area (Å²) >= 11 is 0. The molecule has 2 rings (SSSR count). The van der Waals surface area contributed by atoms with E-state index in [-0.39, 0.29) is 35.4 Å². The number of rotatable bonds is 4. The van der Waals surface area contributed by atoms with Crippen molar-refractivity contribution in [3.63, 3.8) is 0 Å². The summed E-state index contributed by atoms with van der Waals surface area (Å²) in [6, 6.07) is 0. The van der Waals surface area contributed by atoms with E-state index >= 15 is 0 Å². The molecule has 0 unspecified atom stereocenters. The van der Waals surface area contributed by atoms with E-state index in [9.17, 15) is 15.0 Å². The van der Waals surface area contributed by atoms with Crippen molar-refractivity contribution >= 4 is 14.1 Å². The van der Waals surface area contributed by atoms with E-state index in [0.717, 1.165) is 19.3 Å². The van der Waals surface area contributed by atoms with Crippen LogP contribution in [0.2, 0.25) is 18.1 Å². The summed E-state index contributed by atoms with van der Waals surface area (Å²) < 4.78 is 6.30. The largest absolute Gasteiger partial charge is 0.413 e. The highest BCUT2D eigenvalue weighted by molar-refractivity contribution is 6.74. The van der Waals surface area contributed by atoms with Crippen molar-refractivity contribution < 1.29 is 19.4 Å². The lowest BCUT2D eigenvalue weighted by Crippen LogP contribution is -2.64. The molecular weight excluding hydrogens is 344 g/mol. The van der Waals surface area contributed by atoms with Crippen molar-refractivity contribution in [2.75, 3.05) is 13.2 Å². The first-order valence-corrected chi connectivity index (χ1v) is 12.8. The highest BCUT2D eigenvalue weighted by atomic mass is 28.4. The minimum absolute atomic E-state index is 0.0445. The fourth-order valence-corrected chi connectivity index (χ4v) is 5.82. The van der Waals surface area contributed by atoms with Gasteiger partial charge in [-0.3, -0.25) is 4.79 Å². The molecule has 0 heterocycles. The van der Waals surface area contributed by atoms with Crippen molar-refractivity contribution in [1.82, 2.24) is 0 Å². The molecular formula is C21H38O4Si. The van der Waals surface area contributed by atoms with Crippen molar-refractivity contribution in [2.24, 2.45) is 16.7 Å². The second-order valence-electron chi connectivity index (χ2n) is 10.8. The minimum Gasteiger partial charge on any atom is -0.413 e. The lowest BCUT2D eigenvalue weighted by molar-refractivity contribution is -0.173. The Morgan fingerprint density at radius 3 is 2.31 bits per heavy atom. The molecule has 26 heavy (non-hydrogen) atoms. The van der Waals surface area contributed by atoms with Crippen molar-refractivity contribution in [1.29, 1.82) is 0 Å². The summed E-state index contributed by atoms with van der Waals surface area (Å²) in [5, 5.41) is 21.9. The Labute approximate surface area is 160 Å². The van der Waals surface area contributed by atoms with E-state index in [2.05, 4.69) is 47.7 Å². The molecule has 2 aliphatic rings. The molecule has 0 aromatic heterocycles. The molecule has 0 saturated heterocycles. The first-order chi connectivity index (χ1) is 11.6. The number of carbonyl (C=O) groups is 1. The maximum atomic E-state index is 13.1. The van der Waals surface area contributed by atoms with E-state index < -0.39 is 19.3 Å². The Bertz CT molecular complexity index is 602. The summed E-state index contributed by atoms with van der Waals surface area (Å²) in [7, 11) is -2.03. The second kappa shape index (κ2) is 6.54. The third-order valence-corrected chi connectivity index (χ3v) is 12.1. The topological polar surface area (TPSA) is 66.8 Å². The Morgan fingerprint density at radius 2 is 1.81 bits per heavy atom. The van der Waals surface area contributed by atoms with Crippen LogP contribution in [0.15, 0.2) is 11.6 Å². The third-order valence-electron chi connectivity index (χ3n) is 7.64. The number of aliphatic hydroxyl groups is 2. The van der Waals surface area contributed by atoms with Gasteiger partial charge in [-0.2, -0.15) is 0 Å². The first-order valence-electron chi connectivity index (χ1n) is 9.84. The molecule has 0 amide bonds. The summed E-state index contributed by atoms with van der Waals surface area (Å²) in [5.74, 6) is -0.207. The summed E-state index contributed by atoms with van der Waals surface area (Å²) in [5.41, 5.74) is -1.71. The van der Waals surface area contributed by atoms with Gasteiger partial charge in [-0.05, 0) is 48.0 Å². The molecule has 0 radical (unpaired) electrons. The Kier molecular flexibility index (Phi) is 5.48. The van der Waals surface area contributed by atoms with Crippen LogP contribution in [0.25, 0.3) is 0 Å². The zero-order valence-corrected chi connectivity index (χ0v) is 18.9. The van der Waals surface area contributed by atoms with Crippen molar-refractivity contribution in [2.45, 2.75) is 84.5 Å². The van der Waals surface area contributed by atoms with Gasteiger partial charge in [-0.25, -0.2) is 0 Å². The van der Waals surface area contributed by atoms with Crippen LogP contribution in [0.5, 0.6) is 0 Å². The van der Waals surface area contributed by atoms with Gasteiger partial charge in [0, 0.05) is 11.3 Å². The normalized spacial score (nSPS) is 35.1. The number of fused-ring (bicyclic) bond motifs is 1. The molecule has 0 aromatic rings. The van der Waals surface area contributed by atoms with E-state index in [1.807, 2.05) is 6.92 Å². The van der Waals surface area contributed by atoms with E-state index in [1.54, 1.807) is 6.08 Å². The lowest BCUT2D eigenvalue weighted by Gasteiger charge is -2.59. The Hall–Kier alpha value is -0.493. The molecule has 1 saturated carbocycles. The van der Waals surface area contributed by atoms with Gasteiger partial charge in [0.15, 0.2) is 14.1 Å². The Balaban J connectivity index is 2.43. The highest BCUT2D eigenvalue weighted by Gasteiger charge is 2.62. The minimum atomic E-state index is -2.03. The average Bonchev–Trinajstić information content (AvgIpc) is 2.47. The molecule has 0 aliphatic heterocycles. The van der Waals surface area contributed by atoms with Crippen molar-refractivity contribution in [3.8, 4) is 0 Å². The zero-order valence-electron chi connectivity index (χ0n) is 17.9. The summed E-state index contributed by atoms with van der Waals surface area (Å²) in [6.07, 6.45) is 4.22. The van der Waals surface area contributed by atoms with Gasteiger partial charge in [0.25, 0.3) is 0 Å². The van der Waals surface area contributed by atoms with Gasteiger partial charge in [0.05, 0.1) is 13.2 Å². The van der Waals surface area contributed by atoms with Gasteiger partial charge < -0.3 is 14.6 Å². The first kappa shape index (κ1) is 21.8. The maximum absolute atomic E-state index is 13.1. The fraction of sp³-hybridized carbons (Fsp3) is 0.857. The van der Waals surface area contributed by atoms with Crippen LogP contribution in [-0.2, 0) is 9.22 Å². The van der Waals surface area contributed by atoms with Gasteiger partial charge in [-0.15, -0.1) is 0 Å². The molecule has 2 N–H and O–H groups in total. The van der Waals surface area contributed by atoms with Gasteiger partial charge in [0.2, 0.25) is 0 Å². The van der Waals surface area contributed by atoms with Gasteiger partial charge in [0.1, 0.15) is 5.60 Å². The fourth-order valence-electron chi connectivity index (χ4n) is 4.87. The zero-order chi connectivity index (χ0) is 20.2. The van der Waals surface area contributed by atoms with Crippen LogP contribution in [-0.4, -0.2) is 43.1 Å². The number of allylic oxidation sites excluding steroid dienone is 1. The van der Waals surface area contributed by atoms with Crippen LogP contribution in [0, 0.1) is 16.7 Å². The number of ketones is 1. The molecule has 0 spiro atoms. The molecule has 4 nitrogen and oxygen atoms in total. The molecule has 5 heteroatoms. The third kappa shape index (κ3) is 3.25. The standard InChI is InChI=1S/C21H38O4Si/c1-18(2,3)26(7,8)25-13-15-12-16(23)17-19(4,5)10-9-11-20(17,6)21(15,24)14-22/h12,17,22,24H,9-11,13-14H2,1-8H3/t17-,20-,21+/m0/s1. The van der Waals surface area contributed by atoms with Crippen LogP contribution in [0.4, 0.5) is 0 Å².